The van der Waals surface area contributed by atoms with Crippen molar-refractivity contribution in [1.29, 1.82) is 0 Å². The summed E-state index contributed by atoms with van der Waals surface area (Å²) >= 11 is 0. The quantitative estimate of drug-likeness (QED) is 0.538. The average Bonchev–Trinajstić information content (AvgIpc) is 2.07. The Hall–Kier alpha value is -0.700. The van der Waals surface area contributed by atoms with E-state index in [0.717, 1.165) is 6.26 Å². The average molecular weight is 268 g/mol. The number of carbonyl (C=O) groups is 1. The molecule has 8 heteroatoms. The second-order valence-corrected chi connectivity index (χ2v) is 5.55. The van der Waals surface area contributed by atoms with Gasteiger partial charge in [0.25, 0.3) is 10.1 Å². The molecule has 0 amide bonds. The fourth-order valence-electron chi connectivity index (χ4n) is 1.70. The zero-order chi connectivity index (χ0) is 13.2. The van der Waals surface area contributed by atoms with E-state index >= 15 is 0 Å². The topological polar surface area (TPSA) is 99.1 Å². The largest absolute Gasteiger partial charge is 0.457 e. The maximum absolute atomic E-state index is 11.1. The van der Waals surface area contributed by atoms with Crippen molar-refractivity contribution in [2.75, 3.05) is 6.26 Å². The molecule has 17 heavy (non-hydrogen) atoms. The van der Waals surface area contributed by atoms with Crippen LogP contribution in [-0.2, 0) is 28.6 Å². The van der Waals surface area contributed by atoms with Crippen molar-refractivity contribution >= 4 is 16.1 Å². The Bertz CT molecular complexity index is 377. The second kappa shape index (κ2) is 5.30. The van der Waals surface area contributed by atoms with Crippen molar-refractivity contribution in [2.24, 2.45) is 0 Å². The Balaban J connectivity index is 2.82. The zero-order valence-electron chi connectivity index (χ0n) is 9.82. The monoisotopic (exact) mass is 268 g/mol. The van der Waals surface area contributed by atoms with E-state index in [0.29, 0.717) is 0 Å². The lowest BCUT2D eigenvalue weighted by molar-refractivity contribution is -0.230. The van der Waals surface area contributed by atoms with Crippen molar-refractivity contribution in [1.82, 2.24) is 0 Å². The van der Waals surface area contributed by atoms with E-state index in [1.165, 1.54) is 6.92 Å². The van der Waals surface area contributed by atoms with Crippen LogP contribution in [0, 0.1) is 0 Å². The van der Waals surface area contributed by atoms with Crippen LogP contribution in [0.4, 0.5) is 0 Å². The molecular formula is C9H16O7S. The van der Waals surface area contributed by atoms with Crippen LogP contribution >= 0.6 is 0 Å². The van der Waals surface area contributed by atoms with Crippen LogP contribution in [0.25, 0.3) is 0 Å². The van der Waals surface area contributed by atoms with E-state index in [-0.39, 0.29) is 6.42 Å². The molecule has 0 aromatic heterocycles. The molecule has 1 heterocycles. The highest BCUT2D eigenvalue weighted by Crippen LogP contribution is 2.25. The maximum atomic E-state index is 11.1. The van der Waals surface area contributed by atoms with E-state index in [4.69, 9.17) is 13.7 Å². The van der Waals surface area contributed by atoms with Gasteiger partial charge in [-0.1, -0.05) is 0 Å². The molecule has 0 saturated carbocycles. The summed E-state index contributed by atoms with van der Waals surface area (Å²) in [5.74, 6) is -0.566. The molecule has 1 fully saturated rings. The molecule has 1 aliphatic heterocycles. The van der Waals surface area contributed by atoms with Crippen molar-refractivity contribution in [3.05, 3.63) is 0 Å². The number of rotatable bonds is 3. The van der Waals surface area contributed by atoms with Crippen molar-refractivity contribution < 1.29 is 32.0 Å². The third kappa shape index (κ3) is 4.58. The molecule has 4 atom stereocenters. The van der Waals surface area contributed by atoms with Crippen LogP contribution in [0.3, 0.4) is 0 Å². The van der Waals surface area contributed by atoms with E-state index in [1.54, 1.807) is 6.92 Å². The molecule has 1 N–H and O–H groups in total. The van der Waals surface area contributed by atoms with Crippen LogP contribution < -0.4 is 0 Å². The molecule has 1 saturated heterocycles. The number of aliphatic hydroxyl groups excluding tert-OH is 1. The number of hydrogen-bond acceptors (Lipinski definition) is 7. The normalized spacial score (nSPS) is 34.4. The van der Waals surface area contributed by atoms with Crippen LogP contribution in [0.15, 0.2) is 0 Å². The molecule has 100 valence electrons. The van der Waals surface area contributed by atoms with Gasteiger partial charge < -0.3 is 14.6 Å². The smallest absolute Gasteiger partial charge is 0.303 e. The molecule has 0 aromatic carbocycles. The SMILES string of the molecule is CC(=O)O[C@H]1[C@@H](OS(C)(=O)=O)CC(O)O[C@@H]1C. The van der Waals surface area contributed by atoms with Gasteiger partial charge in [-0.15, -0.1) is 0 Å². The van der Waals surface area contributed by atoms with Gasteiger partial charge in [-0.05, 0) is 6.92 Å². The number of carbonyl (C=O) groups excluding carboxylic acids is 1. The zero-order valence-corrected chi connectivity index (χ0v) is 10.6. The number of hydrogen-bond donors (Lipinski definition) is 1. The molecule has 0 spiro atoms. The Kier molecular flexibility index (Phi) is 4.48. The van der Waals surface area contributed by atoms with E-state index < -0.39 is 40.7 Å². The fourth-order valence-corrected chi connectivity index (χ4v) is 2.33. The first kappa shape index (κ1) is 14.4. The highest BCUT2D eigenvalue weighted by molar-refractivity contribution is 7.86. The predicted octanol–water partition coefficient (Wildman–Crippen LogP) is -0.610. The van der Waals surface area contributed by atoms with Crippen molar-refractivity contribution in [2.45, 2.75) is 44.9 Å². The van der Waals surface area contributed by atoms with Gasteiger partial charge in [-0.25, -0.2) is 0 Å². The number of esters is 1. The van der Waals surface area contributed by atoms with Crippen LogP contribution in [0.5, 0.6) is 0 Å². The summed E-state index contributed by atoms with van der Waals surface area (Å²) in [5, 5.41) is 9.36. The lowest BCUT2D eigenvalue weighted by Gasteiger charge is -2.36. The van der Waals surface area contributed by atoms with Gasteiger partial charge in [0.1, 0.15) is 6.10 Å². The minimum absolute atomic E-state index is 0.0741. The molecule has 0 radical (unpaired) electrons. The van der Waals surface area contributed by atoms with Gasteiger partial charge in [0, 0.05) is 13.3 Å². The van der Waals surface area contributed by atoms with Crippen LogP contribution in [0.2, 0.25) is 0 Å². The third-order valence-corrected chi connectivity index (χ3v) is 2.83. The molecule has 1 unspecified atom stereocenters. The Morgan fingerprint density at radius 3 is 2.53 bits per heavy atom. The first-order valence-electron chi connectivity index (χ1n) is 5.08. The van der Waals surface area contributed by atoms with Crippen LogP contribution in [-0.4, -0.2) is 50.4 Å². The molecule has 1 rings (SSSR count). The summed E-state index contributed by atoms with van der Waals surface area (Å²) in [7, 11) is -3.70. The molecule has 0 bridgehead atoms. The minimum atomic E-state index is -3.70. The van der Waals surface area contributed by atoms with Gasteiger partial charge in [0.15, 0.2) is 12.4 Å². The van der Waals surface area contributed by atoms with E-state index in [1.807, 2.05) is 0 Å². The Morgan fingerprint density at radius 1 is 1.47 bits per heavy atom. The standard InChI is InChI=1S/C9H16O7S/c1-5-9(15-6(2)10)7(4-8(11)14-5)16-17(3,12)13/h5,7-9,11H,4H2,1-3H3/t5-,7+,8?,9-/m1/s1. The molecule has 0 aromatic rings. The van der Waals surface area contributed by atoms with Crippen molar-refractivity contribution in [3.8, 4) is 0 Å². The van der Waals surface area contributed by atoms with Gasteiger partial charge in [-0.2, -0.15) is 8.42 Å². The highest BCUT2D eigenvalue weighted by Gasteiger charge is 2.40. The Labute approximate surface area is 99.8 Å². The molecular weight excluding hydrogens is 252 g/mol. The summed E-state index contributed by atoms with van der Waals surface area (Å²) in [6, 6.07) is 0. The first-order chi connectivity index (χ1) is 7.69. The maximum Gasteiger partial charge on any atom is 0.303 e. The summed E-state index contributed by atoms with van der Waals surface area (Å²) in [4.78, 5) is 10.9. The van der Waals surface area contributed by atoms with Gasteiger partial charge in [0.05, 0.1) is 12.4 Å². The lowest BCUT2D eigenvalue weighted by Crippen LogP contribution is -2.50. The Morgan fingerprint density at radius 2 is 2.06 bits per heavy atom. The summed E-state index contributed by atoms with van der Waals surface area (Å²) in [6.45, 7) is 2.77. The highest BCUT2D eigenvalue weighted by atomic mass is 32.2. The van der Waals surface area contributed by atoms with E-state index in [9.17, 15) is 18.3 Å². The van der Waals surface area contributed by atoms with Gasteiger partial charge >= 0.3 is 5.97 Å². The summed E-state index contributed by atoms with van der Waals surface area (Å²) < 4.78 is 36.9. The minimum Gasteiger partial charge on any atom is -0.457 e. The lowest BCUT2D eigenvalue weighted by atomic mass is 10.0. The first-order valence-corrected chi connectivity index (χ1v) is 6.89. The van der Waals surface area contributed by atoms with E-state index in [2.05, 4.69) is 0 Å². The summed E-state index contributed by atoms with van der Waals surface area (Å²) in [5.41, 5.74) is 0. The third-order valence-electron chi connectivity index (χ3n) is 2.24. The predicted molar refractivity (Wildman–Crippen MR) is 56.4 cm³/mol. The fraction of sp³-hybridized carbons (Fsp3) is 0.889. The molecule has 1 aliphatic rings. The number of ether oxygens (including phenoxy) is 2. The second-order valence-electron chi connectivity index (χ2n) is 3.94. The van der Waals surface area contributed by atoms with Gasteiger partial charge in [-0.3, -0.25) is 8.98 Å². The van der Waals surface area contributed by atoms with Gasteiger partial charge in [0.2, 0.25) is 0 Å². The summed E-state index contributed by atoms with van der Waals surface area (Å²) in [6.07, 6.45) is -2.75. The molecule has 7 nitrogen and oxygen atoms in total. The van der Waals surface area contributed by atoms with Crippen molar-refractivity contribution in [3.63, 3.8) is 0 Å². The molecule has 0 aliphatic carbocycles. The number of aliphatic hydroxyl groups is 1. The van der Waals surface area contributed by atoms with Crippen LogP contribution in [0.1, 0.15) is 20.3 Å².